The van der Waals surface area contributed by atoms with E-state index in [1.807, 2.05) is 12.1 Å². The molecule has 10 heteroatoms. The maximum absolute atomic E-state index is 13.1. The summed E-state index contributed by atoms with van der Waals surface area (Å²) in [7, 11) is 0. The molecule has 168 valence electrons. The van der Waals surface area contributed by atoms with Gasteiger partial charge in [-0.05, 0) is 41.5 Å². The molecule has 5 unspecified atom stereocenters. The third kappa shape index (κ3) is 4.54. The second kappa shape index (κ2) is 9.22. The molecule has 1 saturated heterocycles. The first kappa shape index (κ1) is 22.8. The zero-order chi connectivity index (χ0) is 23.0. The summed E-state index contributed by atoms with van der Waals surface area (Å²) in [6.07, 6.45) is -5.89. The van der Waals surface area contributed by atoms with E-state index < -0.39 is 42.4 Å². The number of aliphatic hydroxyl groups is 3. The van der Waals surface area contributed by atoms with E-state index in [1.54, 1.807) is 24.3 Å². The van der Waals surface area contributed by atoms with E-state index in [2.05, 4.69) is 4.98 Å². The molecule has 32 heavy (non-hydrogen) atoms. The second-order valence-corrected chi connectivity index (χ2v) is 9.03. The number of halogens is 2. The van der Waals surface area contributed by atoms with Crippen LogP contribution in [0.5, 0.6) is 0 Å². The molecule has 4 N–H and O–H groups in total. The number of benzene rings is 1. The summed E-state index contributed by atoms with van der Waals surface area (Å²) in [6, 6.07) is 11.6. The van der Waals surface area contributed by atoms with Crippen LogP contribution < -0.4 is 0 Å². The molecule has 7 nitrogen and oxygen atoms in total. The molecule has 0 aliphatic carbocycles. The first-order valence-corrected chi connectivity index (χ1v) is 10.9. The Hall–Kier alpha value is -2.40. The van der Waals surface area contributed by atoms with E-state index in [1.165, 1.54) is 23.6 Å². The fraction of sp³-hybridized carbons (Fsp3) is 0.273. The van der Waals surface area contributed by atoms with Crippen molar-refractivity contribution < 1.29 is 34.3 Å². The van der Waals surface area contributed by atoms with Crippen LogP contribution in [-0.4, -0.2) is 55.8 Å². The highest BCUT2D eigenvalue weighted by Crippen LogP contribution is 2.36. The number of carboxylic acids is 1. The lowest BCUT2D eigenvalue weighted by atomic mass is 9.90. The summed E-state index contributed by atoms with van der Waals surface area (Å²) in [5.74, 6) is -1.99. The van der Waals surface area contributed by atoms with Gasteiger partial charge < -0.3 is 25.2 Å². The number of aliphatic hydroxyl groups excluding tert-OH is 3. The maximum Gasteiger partial charge on any atom is 0.335 e. The molecule has 1 aliphatic rings. The lowest BCUT2D eigenvalue weighted by Crippen LogP contribution is -2.56. The van der Waals surface area contributed by atoms with Crippen LogP contribution in [0.2, 0.25) is 5.02 Å². The van der Waals surface area contributed by atoms with Gasteiger partial charge in [-0.15, -0.1) is 11.3 Å². The van der Waals surface area contributed by atoms with Gasteiger partial charge in [-0.1, -0.05) is 23.7 Å². The molecule has 0 radical (unpaired) electrons. The Balaban J connectivity index is 1.58. The fourth-order valence-corrected chi connectivity index (χ4v) is 4.81. The van der Waals surface area contributed by atoms with Gasteiger partial charge in [0.15, 0.2) is 6.10 Å². The van der Waals surface area contributed by atoms with Crippen molar-refractivity contribution in [3.63, 3.8) is 0 Å². The smallest absolute Gasteiger partial charge is 0.335 e. The number of hydrogen-bond acceptors (Lipinski definition) is 7. The lowest BCUT2D eigenvalue weighted by Gasteiger charge is -2.39. The van der Waals surface area contributed by atoms with E-state index in [0.29, 0.717) is 22.6 Å². The molecule has 1 fully saturated rings. The van der Waals surface area contributed by atoms with Crippen molar-refractivity contribution in [2.75, 3.05) is 0 Å². The van der Waals surface area contributed by atoms with Crippen molar-refractivity contribution in [1.29, 1.82) is 0 Å². The number of nitrogens with zero attached hydrogens (tertiary/aromatic N) is 1. The first-order valence-electron chi connectivity index (χ1n) is 9.66. The molecule has 0 spiro atoms. The summed E-state index contributed by atoms with van der Waals surface area (Å²) in [5.41, 5.74) is 1.92. The Labute approximate surface area is 191 Å². The normalized spacial score (nSPS) is 25.6. The number of carboxylic acid groups (broad SMARTS) is 1. The summed E-state index contributed by atoms with van der Waals surface area (Å²) in [4.78, 5) is 16.9. The number of rotatable bonds is 5. The van der Waals surface area contributed by atoms with Crippen molar-refractivity contribution in [2.24, 2.45) is 0 Å². The molecule has 2 aromatic heterocycles. The van der Waals surface area contributed by atoms with Gasteiger partial charge in [-0.2, -0.15) is 4.39 Å². The summed E-state index contributed by atoms with van der Waals surface area (Å²) < 4.78 is 18.5. The van der Waals surface area contributed by atoms with Gasteiger partial charge in [0.05, 0.1) is 0 Å². The van der Waals surface area contributed by atoms with Crippen LogP contribution in [-0.2, 0) is 16.0 Å². The van der Waals surface area contributed by atoms with Gasteiger partial charge in [0.25, 0.3) is 0 Å². The number of hydrogen-bond donors (Lipinski definition) is 4. The Kier molecular flexibility index (Phi) is 6.57. The number of carbonyl (C=O) groups is 1. The molecule has 1 aliphatic heterocycles. The molecule has 3 heterocycles. The van der Waals surface area contributed by atoms with E-state index >= 15 is 0 Å². The van der Waals surface area contributed by atoms with Crippen LogP contribution >= 0.6 is 22.9 Å². The van der Waals surface area contributed by atoms with Crippen LogP contribution in [0.25, 0.3) is 10.4 Å². The minimum Gasteiger partial charge on any atom is -0.479 e. The quantitative estimate of drug-likeness (QED) is 0.415. The lowest BCUT2D eigenvalue weighted by molar-refractivity contribution is -0.229. The number of ether oxygens (including phenoxy) is 1. The minimum absolute atomic E-state index is 0.425. The molecule has 0 amide bonds. The predicted molar refractivity (Wildman–Crippen MR) is 115 cm³/mol. The van der Waals surface area contributed by atoms with Crippen molar-refractivity contribution in [3.05, 3.63) is 75.6 Å². The fourth-order valence-electron chi connectivity index (χ4n) is 3.60. The molecular weight excluding hydrogens is 461 g/mol. The average Bonchev–Trinajstić information content (AvgIpc) is 3.23. The Morgan fingerprint density at radius 3 is 2.56 bits per heavy atom. The standard InChI is InChI=1S/C22H19ClFNO6S/c23-14-4-1-10(20-18(27)17(26)19(28)21(31-20)22(29)30)7-12(14)8-13-3-5-15(32-13)11-2-6-16(24)25-9-11/h1-7,9,17-21,26-28H,8H2,(H,29,30). The number of pyridine rings is 1. The highest BCUT2D eigenvalue weighted by Gasteiger charge is 2.47. The zero-order valence-electron chi connectivity index (χ0n) is 16.4. The Morgan fingerprint density at radius 1 is 1.09 bits per heavy atom. The Bertz CT molecular complexity index is 1120. The van der Waals surface area contributed by atoms with Gasteiger partial charge in [0, 0.05) is 33.0 Å². The predicted octanol–water partition coefficient (Wildman–Crippen LogP) is 2.80. The third-order valence-electron chi connectivity index (χ3n) is 5.29. The van der Waals surface area contributed by atoms with Crippen molar-refractivity contribution in [2.45, 2.75) is 36.9 Å². The zero-order valence-corrected chi connectivity index (χ0v) is 18.0. The van der Waals surface area contributed by atoms with Crippen molar-refractivity contribution in [3.8, 4) is 10.4 Å². The average molecular weight is 480 g/mol. The van der Waals surface area contributed by atoms with Crippen LogP contribution in [0, 0.1) is 5.95 Å². The van der Waals surface area contributed by atoms with Gasteiger partial charge in [0.1, 0.15) is 24.4 Å². The molecular formula is C22H19ClFNO6S. The van der Waals surface area contributed by atoms with E-state index in [4.69, 9.17) is 16.3 Å². The van der Waals surface area contributed by atoms with Gasteiger partial charge in [0.2, 0.25) is 5.95 Å². The SMILES string of the molecule is O=C(O)C1OC(c2ccc(Cl)c(Cc3ccc(-c4ccc(F)nc4)s3)c2)C(O)C(O)C1O. The van der Waals surface area contributed by atoms with Crippen molar-refractivity contribution >= 4 is 28.9 Å². The summed E-state index contributed by atoms with van der Waals surface area (Å²) in [6.45, 7) is 0. The largest absolute Gasteiger partial charge is 0.479 e. The Morgan fingerprint density at radius 2 is 1.88 bits per heavy atom. The van der Waals surface area contributed by atoms with Crippen LogP contribution in [0.15, 0.2) is 48.7 Å². The monoisotopic (exact) mass is 479 g/mol. The minimum atomic E-state index is -1.75. The highest BCUT2D eigenvalue weighted by molar-refractivity contribution is 7.15. The number of aromatic nitrogens is 1. The third-order valence-corrected chi connectivity index (χ3v) is 6.80. The summed E-state index contributed by atoms with van der Waals surface area (Å²) in [5, 5.41) is 40.1. The van der Waals surface area contributed by atoms with E-state index in [0.717, 1.165) is 15.3 Å². The number of thiophene rings is 1. The second-order valence-electron chi connectivity index (χ2n) is 7.45. The molecule has 3 aromatic rings. The summed E-state index contributed by atoms with van der Waals surface area (Å²) >= 11 is 7.85. The van der Waals surface area contributed by atoms with E-state index in [-0.39, 0.29) is 0 Å². The topological polar surface area (TPSA) is 120 Å². The van der Waals surface area contributed by atoms with Crippen LogP contribution in [0.1, 0.15) is 22.1 Å². The maximum atomic E-state index is 13.1. The first-order chi connectivity index (χ1) is 15.2. The molecule has 0 saturated carbocycles. The van der Waals surface area contributed by atoms with Crippen molar-refractivity contribution in [1.82, 2.24) is 4.98 Å². The highest BCUT2D eigenvalue weighted by atomic mass is 35.5. The molecule has 0 bridgehead atoms. The van der Waals surface area contributed by atoms with Crippen LogP contribution in [0.3, 0.4) is 0 Å². The van der Waals surface area contributed by atoms with Crippen LogP contribution in [0.4, 0.5) is 4.39 Å². The number of aliphatic carboxylic acids is 1. The molecule has 5 atom stereocenters. The van der Waals surface area contributed by atoms with Gasteiger partial charge in [-0.25, -0.2) is 9.78 Å². The van der Waals surface area contributed by atoms with E-state index in [9.17, 15) is 29.6 Å². The molecule has 4 rings (SSSR count). The molecule has 1 aromatic carbocycles. The van der Waals surface area contributed by atoms with Gasteiger partial charge >= 0.3 is 5.97 Å². The van der Waals surface area contributed by atoms with Gasteiger partial charge in [-0.3, -0.25) is 0 Å².